The van der Waals surface area contributed by atoms with Crippen molar-refractivity contribution in [2.24, 2.45) is 0 Å². The molecule has 184 valence electrons. The zero-order valence-electron chi connectivity index (χ0n) is 19.8. The van der Waals surface area contributed by atoms with Crippen LogP contribution in [0.2, 0.25) is 5.02 Å². The maximum Gasteiger partial charge on any atom is 0.322 e. The fourth-order valence-electron chi connectivity index (χ4n) is 3.86. The minimum atomic E-state index is -0.607. The lowest BCUT2D eigenvalue weighted by molar-refractivity contribution is -0.136. The normalized spacial score (nSPS) is 14.2. The van der Waals surface area contributed by atoms with Gasteiger partial charge < -0.3 is 20.3 Å². The van der Waals surface area contributed by atoms with Crippen LogP contribution < -0.4 is 10.6 Å². The standard InChI is InChI=1S/C27H26ClN5O3/c1-19-13-23(28)16-24(14-19)32-27(35)33(12-11-31-10-9-26(34)36-18-30)25-7-5-21(6-8-25)22-4-2-3-20(15-22)17-29/h2-7,13-16,25,31H,8-12H2,1H3,(H,32,35). The number of hydrogen-bond acceptors (Lipinski definition) is 6. The lowest BCUT2D eigenvalue weighted by Gasteiger charge is -2.31. The van der Waals surface area contributed by atoms with E-state index in [-0.39, 0.29) is 18.5 Å². The highest BCUT2D eigenvalue weighted by molar-refractivity contribution is 6.31. The number of hydrogen-bond donors (Lipinski definition) is 2. The topological polar surface area (TPSA) is 118 Å². The van der Waals surface area contributed by atoms with Gasteiger partial charge in [0.15, 0.2) is 0 Å². The molecular formula is C27H26ClN5O3. The summed E-state index contributed by atoms with van der Waals surface area (Å²) in [4.78, 5) is 26.3. The molecule has 0 spiro atoms. The minimum Gasteiger partial charge on any atom is -0.351 e. The zero-order chi connectivity index (χ0) is 25.9. The molecule has 36 heavy (non-hydrogen) atoms. The van der Waals surface area contributed by atoms with E-state index in [1.54, 1.807) is 17.0 Å². The highest BCUT2D eigenvalue weighted by Crippen LogP contribution is 2.25. The predicted octanol–water partition coefficient (Wildman–Crippen LogP) is 4.77. The molecule has 0 aromatic heterocycles. The maximum absolute atomic E-state index is 13.3. The molecule has 0 saturated carbocycles. The fraction of sp³-hybridized carbons (Fsp3) is 0.259. The highest BCUT2D eigenvalue weighted by atomic mass is 35.5. The van der Waals surface area contributed by atoms with Crippen LogP contribution in [0.1, 0.15) is 29.5 Å². The van der Waals surface area contributed by atoms with Crippen LogP contribution in [0.15, 0.2) is 60.7 Å². The van der Waals surface area contributed by atoms with Crippen LogP contribution in [0.25, 0.3) is 5.57 Å². The number of carbonyl (C=O) groups excluding carboxylic acids is 2. The van der Waals surface area contributed by atoms with Gasteiger partial charge in [-0.15, -0.1) is 5.26 Å². The van der Waals surface area contributed by atoms with E-state index in [0.29, 0.717) is 42.3 Å². The molecular weight excluding hydrogens is 478 g/mol. The number of nitriles is 2. The minimum absolute atomic E-state index is 0.0543. The summed E-state index contributed by atoms with van der Waals surface area (Å²) < 4.78 is 4.26. The van der Waals surface area contributed by atoms with Crippen molar-refractivity contribution < 1.29 is 14.3 Å². The number of aryl methyl sites for hydroxylation is 1. The van der Waals surface area contributed by atoms with E-state index in [4.69, 9.17) is 16.9 Å². The number of halogens is 1. The van der Waals surface area contributed by atoms with Gasteiger partial charge >= 0.3 is 12.0 Å². The molecule has 0 bridgehead atoms. The Balaban J connectivity index is 1.69. The van der Waals surface area contributed by atoms with Crippen LogP contribution in [0.5, 0.6) is 0 Å². The molecule has 1 atom stereocenters. The van der Waals surface area contributed by atoms with Crippen LogP contribution in [0.3, 0.4) is 0 Å². The molecule has 2 aromatic carbocycles. The van der Waals surface area contributed by atoms with E-state index in [1.165, 1.54) is 6.26 Å². The van der Waals surface area contributed by atoms with Crippen LogP contribution >= 0.6 is 11.6 Å². The van der Waals surface area contributed by atoms with Gasteiger partial charge in [0.25, 0.3) is 6.26 Å². The van der Waals surface area contributed by atoms with E-state index in [0.717, 1.165) is 16.7 Å². The third-order valence-corrected chi connectivity index (χ3v) is 5.77. The van der Waals surface area contributed by atoms with E-state index in [9.17, 15) is 14.9 Å². The van der Waals surface area contributed by atoms with Crippen LogP contribution in [0.4, 0.5) is 10.5 Å². The van der Waals surface area contributed by atoms with Gasteiger partial charge in [-0.2, -0.15) is 5.26 Å². The van der Waals surface area contributed by atoms with Crippen molar-refractivity contribution in [2.75, 3.05) is 25.0 Å². The number of allylic oxidation sites excluding steroid dienone is 2. The van der Waals surface area contributed by atoms with Crippen LogP contribution in [-0.4, -0.2) is 42.6 Å². The number of carbonyl (C=O) groups is 2. The first-order valence-corrected chi connectivity index (χ1v) is 11.8. The number of ether oxygens (including phenoxy) is 1. The van der Waals surface area contributed by atoms with Gasteiger partial charge in [-0.25, -0.2) is 4.79 Å². The molecule has 0 saturated heterocycles. The molecule has 0 heterocycles. The van der Waals surface area contributed by atoms with Crippen LogP contribution in [-0.2, 0) is 9.53 Å². The number of amides is 2. The third-order valence-electron chi connectivity index (χ3n) is 5.55. The van der Waals surface area contributed by atoms with Crippen molar-refractivity contribution in [1.82, 2.24) is 10.2 Å². The first-order chi connectivity index (χ1) is 17.4. The smallest absolute Gasteiger partial charge is 0.322 e. The molecule has 0 radical (unpaired) electrons. The Bertz CT molecular complexity index is 1240. The molecule has 8 nitrogen and oxygen atoms in total. The molecule has 9 heteroatoms. The SMILES string of the molecule is Cc1cc(Cl)cc(NC(=O)N(CCNCCC(=O)OC#N)C2C=CC(c3cccc(C#N)c3)=CC2)c1. The first kappa shape index (κ1) is 26.5. The number of esters is 1. The largest absolute Gasteiger partial charge is 0.351 e. The Kier molecular flexibility index (Phi) is 9.64. The summed E-state index contributed by atoms with van der Waals surface area (Å²) in [6.45, 7) is 3.04. The summed E-state index contributed by atoms with van der Waals surface area (Å²) in [5.74, 6) is -0.607. The second kappa shape index (κ2) is 13.1. The molecule has 1 aliphatic rings. The number of urea groups is 1. The van der Waals surface area contributed by atoms with Crippen molar-refractivity contribution in [1.29, 1.82) is 10.5 Å². The van der Waals surface area contributed by atoms with Gasteiger partial charge in [-0.1, -0.05) is 42.0 Å². The van der Waals surface area contributed by atoms with Crippen LogP contribution in [0, 0.1) is 29.8 Å². The lowest BCUT2D eigenvalue weighted by Crippen LogP contribution is -2.45. The summed E-state index contributed by atoms with van der Waals surface area (Å²) in [5.41, 5.74) is 4.06. The average Bonchev–Trinajstić information content (AvgIpc) is 2.86. The van der Waals surface area contributed by atoms with E-state index < -0.39 is 5.97 Å². The number of nitrogens with one attached hydrogen (secondary N) is 2. The highest BCUT2D eigenvalue weighted by Gasteiger charge is 2.23. The Morgan fingerprint density at radius 1 is 1.19 bits per heavy atom. The third kappa shape index (κ3) is 7.71. The molecule has 3 rings (SSSR count). The molecule has 2 aromatic rings. The van der Waals surface area contributed by atoms with Gasteiger partial charge in [0.1, 0.15) is 0 Å². The molecule has 1 unspecified atom stereocenters. The molecule has 1 aliphatic carbocycles. The van der Waals surface area contributed by atoms with E-state index >= 15 is 0 Å². The van der Waals surface area contributed by atoms with Crippen molar-refractivity contribution >= 4 is 34.9 Å². The number of rotatable bonds is 9. The number of nitrogens with zero attached hydrogens (tertiary/aromatic N) is 3. The van der Waals surface area contributed by atoms with Gasteiger partial charge in [0.2, 0.25) is 0 Å². The molecule has 0 aliphatic heterocycles. The van der Waals surface area contributed by atoms with Crippen molar-refractivity contribution in [2.45, 2.75) is 25.8 Å². The average molecular weight is 504 g/mol. The van der Waals surface area contributed by atoms with Crippen molar-refractivity contribution in [3.05, 3.63) is 82.4 Å². The predicted molar refractivity (Wildman–Crippen MR) is 138 cm³/mol. The zero-order valence-corrected chi connectivity index (χ0v) is 20.6. The van der Waals surface area contributed by atoms with E-state index in [2.05, 4.69) is 27.5 Å². The lowest BCUT2D eigenvalue weighted by atomic mass is 9.95. The Labute approximate surface area is 215 Å². The van der Waals surface area contributed by atoms with Crippen molar-refractivity contribution in [3.63, 3.8) is 0 Å². The summed E-state index contributed by atoms with van der Waals surface area (Å²) in [7, 11) is 0. The van der Waals surface area contributed by atoms with Gasteiger partial charge in [0, 0.05) is 30.3 Å². The monoisotopic (exact) mass is 503 g/mol. The molecule has 2 amide bonds. The summed E-state index contributed by atoms with van der Waals surface area (Å²) in [5, 5.41) is 24.1. The number of anilines is 1. The first-order valence-electron chi connectivity index (χ1n) is 11.4. The fourth-order valence-corrected chi connectivity index (χ4v) is 4.15. The van der Waals surface area contributed by atoms with Gasteiger partial charge in [0.05, 0.1) is 24.1 Å². The Morgan fingerprint density at radius 3 is 2.72 bits per heavy atom. The maximum atomic E-state index is 13.3. The van der Waals surface area contributed by atoms with Crippen molar-refractivity contribution in [3.8, 4) is 12.3 Å². The van der Waals surface area contributed by atoms with Gasteiger partial charge in [-0.3, -0.25) is 4.79 Å². The Morgan fingerprint density at radius 2 is 2.03 bits per heavy atom. The number of benzene rings is 2. The summed E-state index contributed by atoms with van der Waals surface area (Å²) in [6.07, 6.45) is 7.99. The summed E-state index contributed by atoms with van der Waals surface area (Å²) >= 11 is 6.15. The Hall–Kier alpha value is -4.11. The second-order valence-electron chi connectivity index (χ2n) is 8.22. The van der Waals surface area contributed by atoms with E-state index in [1.807, 2.05) is 49.4 Å². The summed E-state index contributed by atoms with van der Waals surface area (Å²) in [6, 6.07) is 14.4. The molecule has 0 fully saturated rings. The quantitative estimate of drug-likeness (QED) is 0.289. The second-order valence-corrected chi connectivity index (χ2v) is 8.66. The van der Waals surface area contributed by atoms with Gasteiger partial charge in [-0.05, 0) is 60.4 Å². The molecule has 2 N–H and O–H groups in total.